The third-order valence-corrected chi connectivity index (χ3v) is 4.70. The van der Waals surface area contributed by atoms with E-state index >= 15 is 0 Å². The molecule has 0 saturated carbocycles. The number of fused-ring (bicyclic) bond motifs is 3. The van der Waals surface area contributed by atoms with Crippen molar-refractivity contribution in [1.82, 2.24) is 4.90 Å². The molecule has 1 heteroatoms. The quantitative estimate of drug-likeness (QED) is 0.626. The van der Waals surface area contributed by atoms with Crippen LogP contribution in [-0.2, 0) is 0 Å². The minimum Gasteiger partial charge on any atom is -0.303 e. The fraction of sp³-hybridized carbons (Fsp3) is 1.00. The van der Waals surface area contributed by atoms with Crippen molar-refractivity contribution in [1.29, 1.82) is 0 Å². The highest BCUT2D eigenvalue weighted by atomic mass is 15.1. The molecule has 1 unspecified atom stereocenters. The number of unbranched alkanes of at least 4 members (excludes halogenated alkanes) is 2. The zero-order valence-corrected chi connectivity index (χ0v) is 10.5. The van der Waals surface area contributed by atoms with Gasteiger partial charge in [-0.15, -0.1) is 0 Å². The van der Waals surface area contributed by atoms with Crippen molar-refractivity contribution in [2.24, 2.45) is 17.8 Å². The highest BCUT2D eigenvalue weighted by molar-refractivity contribution is 4.88. The van der Waals surface area contributed by atoms with E-state index in [0.29, 0.717) is 0 Å². The Morgan fingerprint density at radius 2 is 1.93 bits per heavy atom. The van der Waals surface area contributed by atoms with Gasteiger partial charge in [0.2, 0.25) is 0 Å². The molecule has 2 bridgehead atoms. The Morgan fingerprint density at radius 1 is 1.20 bits per heavy atom. The Hall–Kier alpha value is -0.0400. The summed E-state index contributed by atoms with van der Waals surface area (Å²) in [5.41, 5.74) is 0. The molecule has 3 fully saturated rings. The standard InChI is InChI=1S/C14H27N/c1-3-4-5-6-12(2)14-11-15-9-7-13(14)8-10-15/h12-14H,3-11H2,1-2H3/t12?,14-/m0/s1. The largest absolute Gasteiger partial charge is 0.303 e. The molecule has 0 aromatic carbocycles. The summed E-state index contributed by atoms with van der Waals surface area (Å²) in [4.78, 5) is 2.70. The van der Waals surface area contributed by atoms with Crippen LogP contribution in [0.1, 0.15) is 52.4 Å². The van der Waals surface area contributed by atoms with Crippen molar-refractivity contribution in [3.63, 3.8) is 0 Å². The Bertz CT molecular complexity index is 182. The molecule has 0 aliphatic carbocycles. The molecular weight excluding hydrogens is 182 g/mol. The van der Waals surface area contributed by atoms with E-state index in [1.807, 2.05) is 0 Å². The summed E-state index contributed by atoms with van der Waals surface area (Å²) in [5.74, 6) is 3.08. The van der Waals surface area contributed by atoms with Crippen LogP contribution in [0, 0.1) is 17.8 Å². The van der Waals surface area contributed by atoms with Gasteiger partial charge in [-0.1, -0.05) is 39.5 Å². The van der Waals surface area contributed by atoms with E-state index in [1.165, 1.54) is 58.2 Å². The van der Waals surface area contributed by atoms with Crippen molar-refractivity contribution in [2.75, 3.05) is 19.6 Å². The molecule has 3 aliphatic rings. The molecule has 3 rings (SSSR count). The molecule has 2 atom stereocenters. The van der Waals surface area contributed by atoms with Crippen LogP contribution in [0.5, 0.6) is 0 Å². The zero-order valence-electron chi connectivity index (χ0n) is 10.5. The highest BCUT2D eigenvalue weighted by Crippen LogP contribution is 2.38. The predicted octanol–water partition coefficient (Wildman–Crippen LogP) is 3.54. The van der Waals surface area contributed by atoms with Gasteiger partial charge >= 0.3 is 0 Å². The van der Waals surface area contributed by atoms with Crippen LogP contribution < -0.4 is 0 Å². The number of hydrogen-bond acceptors (Lipinski definition) is 1. The van der Waals surface area contributed by atoms with Gasteiger partial charge < -0.3 is 4.90 Å². The van der Waals surface area contributed by atoms with Crippen LogP contribution in [0.15, 0.2) is 0 Å². The lowest BCUT2D eigenvalue weighted by Crippen LogP contribution is -2.49. The lowest BCUT2D eigenvalue weighted by Gasteiger charge is -2.47. The third-order valence-electron chi connectivity index (χ3n) is 4.70. The van der Waals surface area contributed by atoms with Crippen LogP contribution in [0.25, 0.3) is 0 Å². The molecule has 3 saturated heterocycles. The van der Waals surface area contributed by atoms with Crippen LogP contribution in [-0.4, -0.2) is 24.5 Å². The molecular formula is C14H27N. The smallest absolute Gasteiger partial charge is 0.00149 e. The first-order valence-electron chi connectivity index (χ1n) is 7.03. The van der Waals surface area contributed by atoms with E-state index in [2.05, 4.69) is 18.7 Å². The zero-order chi connectivity index (χ0) is 10.7. The number of piperidine rings is 3. The van der Waals surface area contributed by atoms with Crippen molar-refractivity contribution >= 4 is 0 Å². The highest BCUT2D eigenvalue weighted by Gasteiger charge is 2.36. The maximum Gasteiger partial charge on any atom is 0.00149 e. The summed E-state index contributed by atoms with van der Waals surface area (Å²) in [5, 5.41) is 0. The molecule has 88 valence electrons. The molecule has 0 aromatic heterocycles. The van der Waals surface area contributed by atoms with E-state index in [1.54, 1.807) is 0 Å². The normalized spacial score (nSPS) is 36.8. The maximum atomic E-state index is 2.70. The van der Waals surface area contributed by atoms with E-state index in [-0.39, 0.29) is 0 Å². The van der Waals surface area contributed by atoms with E-state index in [4.69, 9.17) is 0 Å². The van der Waals surface area contributed by atoms with Crippen molar-refractivity contribution in [2.45, 2.75) is 52.4 Å². The molecule has 0 aromatic rings. The van der Waals surface area contributed by atoms with Crippen LogP contribution in [0.2, 0.25) is 0 Å². The predicted molar refractivity (Wildman–Crippen MR) is 66.0 cm³/mol. The fourth-order valence-corrected chi connectivity index (χ4v) is 3.59. The van der Waals surface area contributed by atoms with Gasteiger partial charge in [0.25, 0.3) is 0 Å². The second-order valence-electron chi connectivity index (χ2n) is 5.77. The molecule has 0 amide bonds. The van der Waals surface area contributed by atoms with Crippen LogP contribution in [0.3, 0.4) is 0 Å². The Balaban J connectivity index is 1.77. The molecule has 15 heavy (non-hydrogen) atoms. The van der Waals surface area contributed by atoms with Gasteiger partial charge in [0.1, 0.15) is 0 Å². The average molecular weight is 209 g/mol. The molecule has 1 nitrogen and oxygen atoms in total. The van der Waals surface area contributed by atoms with Gasteiger partial charge in [0.05, 0.1) is 0 Å². The topological polar surface area (TPSA) is 3.24 Å². The van der Waals surface area contributed by atoms with E-state index in [9.17, 15) is 0 Å². The van der Waals surface area contributed by atoms with Gasteiger partial charge in [-0.25, -0.2) is 0 Å². The third kappa shape index (κ3) is 2.75. The van der Waals surface area contributed by atoms with Crippen molar-refractivity contribution < 1.29 is 0 Å². The molecule has 0 N–H and O–H groups in total. The number of hydrogen-bond donors (Lipinski definition) is 0. The monoisotopic (exact) mass is 209 g/mol. The van der Waals surface area contributed by atoms with Crippen LogP contribution in [0.4, 0.5) is 0 Å². The van der Waals surface area contributed by atoms with Gasteiger partial charge in [0, 0.05) is 6.54 Å². The first kappa shape index (κ1) is 11.4. The van der Waals surface area contributed by atoms with Gasteiger partial charge in [0.15, 0.2) is 0 Å². The minimum atomic E-state index is 0.977. The lowest BCUT2D eigenvalue weighted by molar-refractivity contribution is 0.0210. The van der Waals surface area contributed by atoms with Gasteiger partial charge in [-0.05, 0) is 43.7 Å². The van der Waals surface area contributed by atoms with E-state index < -0.39 is 0 Å². The lowest BCUT2D eigenvalue weighted by atomic mass is 9.72. The number of nitrogens with zero attached hydrogens (tertiary/aromatic N) is 1. The Kier molecular flexibility index (Phi) is 4.07. The summed E-state index contributed by atoms with van der Waals surface area (Å²) in [7, 11) is 0. The van der Waals surface area contributed by atoms with Crippen LogP contribution >= 0.6 is 0 Å². The second kappa shape index (κ2) is 5.34. The minimum absolute atomic E-state index is 0.977. The summed E-state index contributed by atoms with van der Waals surface area (Å²) in [6.07, 6.45) is 8.72. The van der Waals surface area contributed by atoms with Gasteiger partial charge in [-0.3, -0.25) is 0 Å². The second-order valence-corrected chi connectivity index (χ2v) is 5.77. The first-order chi connectivity index (χ1) is 7.31. The SMILES string of the molecule is CCCCCC(C)[C@@H]1CN2CCC1CC2. The Morgan fingerprint density at radius 3 is 2.47 bits per heavy atom. The summed E-state index contributed by atoms with van der Waals surface area (Å²) in [6, 6.07) is 0. The summed E-state index contributed by atoms with van der Waals surface area (Å²) in [6.45, 7) is 9.00. The Labute approximate surface area is 95.2 Å². The number of rotatable bonds is 5. The molecule has 3 heterocycles. The van der Waals surface area contributed by atoms with Crippen molar-refractivity contribution in [3.8, 4) is 0 Å². The van der Waals surface area contributed by atoms with E-state index in [0.717, 1.165) is 17.8 Å². The van der Waals surface area contributed by atoms with Crippen molar-refractivity contribution in [3.05, 3.63) is 0 Å². The summed E-state index contributed by atoms with van der Waals surface area (Å²) < 4.78 is 0. The molecule has 0 radical (unpaired) electrons. The fourth-order valence-electron chi connectivity index (χ4n) is 3.59. The average Bonchev–Trinajstić information content (AvgIpc) is 2.30. The molecule has 0 spiro atoms. The first-order valence-corrected chi connectivity index (χ1v) is 7.03. The molecule has 3 aliphatic heterocycles. The van der Waals surface area contributed by atoms with Gasteiger partial charge in [-0.2, -0.15) is 0 Å². The summed E-state index contributed by atoms with van der Waals surface area (Å²) >= 11 is 0. The maximum absolute atomic E-state index is 2.70.